The highest BCUT2D eigenvalue weighted by Gasteiger charge is 2.20. The van der Waals surface area contributed by atoms with Crippen molar-refractivity contribution >= 4 is 29.1 Å². The number of hydrazone groups is 1. The first kappa shape index (κ1) is 20.8. The Labute approximate surface area is 190 Å². The molecule has 1 N–H and O–H groups in total. The van der Waals surface area contributed by atoms with Gasteiger partial charge in [0.2, 0.25) is 5.95 Å². The number of hydrogen-bond donors (Lipinski definition) is 1. The zero-order chi connectivity index (χ0) is 22.6. The number of imidazole rings is 1. The van der Waals surface area contributed by atoms with E-state index in [1.165, 1.54) is 5.56 Å². The van der Waals surface area contributed by atoms with Crippen molar-refractivity contribution in [1.29, 1.82) is 0 Å². The molecule has 0 saturated carbocycles. The number of hydrogen-bond acceptors (Lipinski definition) is 9. The second-order valence-electron chi connectivity index (χ2n) is 7.60. The fourth-order valence-corrected chi connectivity index (χ4v) is 3.59. The fraction of sp³-hybridized carbons (Fsp3) is 0.261. The van der Waals surface area contributed by atoms with Crippen LogP contribution in [0.15, 0.2) is 54.0 Å². The largest absolute Gasteiger partial charge is 0.495 e. The molecule has 3 aromatic heterocycles. The van der Waals surface area contributed by atoms with E-state index in [0.29, 0.717) is 60.8 Å². The molecule has 5 rings (SSSR count). The standard InChI is InChI=1S/C23H24N8O2/c1-16-4-3-5-17(12-16)13-26-29-21-20-22(28-23(27-21)30-8-10-33-11-9-30)31(15-25-20)19-7-6-18(32-2)14-24-19/h3-7,12-15H,8-11H2,1-2H3,(H,27,28,29). The number of nitrogens with zero attached hydrogens (tertiary/aromatic N) is 7. The van der Waals surface area contributed by atoms with Gasteiger partial charge in [0.1, 0.15) is 17.9 Å². The molecule has 0 amide bonds. The molecule has 1 aromatic carbocycles. The van der Waals surface area contributed by atoms with Crippen LogP contribution in [-0.2, 0) is 4.74 Å². The molecule has 4 heterocycles. The van der Waals surface area contributed by atoms with Crippen molar-refractivity contribution in [3.63, 3.8) is 0 Å². The molecule has 33 heavy (non-hydrogen) atoms. The smallest absolute Gasteiger partial charge is 0.229 e. The Morgan fingerprint density at radius 3 is 2.76 bits per heavy atom. The molecular formula is C23H24N8O2. The zero-order valence-electron chi connectivity index (χ0n) is 18.5. The van der Waals surface area contributed by atoms with Crippen LogP contribution in [0.2, 0.25) is 0 Å². The topological polar surface area (TPSA) is 103 Å². The Morgan fingerprint density at radius 1 is 1.12 bits per heavy atom. The van der Waals surface area contributed by atoms with Crippen molar-refractivity contribution in [2.45, 2.75) is 6.92 Å². The maximum absolute atomic E-state index is 5.49. The van der Waals surface area contributed by atoms with E-state index in [9.17, 15) is 0 Å². The van der Waals surface area contributed by atoms with Gasteiger partial charge in [-0.2, -0.15) is 15.1 Å². The summed E-state index contributed by atoms with van der Waals surface area (Å²) >= 11 is 0. The molecule has 1 fully saturated rings. The summed E-state index contributed by atoms with van der Waals surface area (Å²) in [6, 6.07) is 11.8. The molecular weight excluding hydrogens is 420 g/mol. The quantitative estimate of drug-likeness (QED) is 0.358. The molecule has 168 valence electrons. The molecule has 0 radical (unpaired) electrons. The van der Waals surface area contributed by atoms with Gasteiger partial charge in [-0.15, -0.1) is 0 Å². The third kappa shape index (κ3) is 4.46. The monoisotopic (exact) mass is 444 g/mol. The number of pyridine rings is 1. The maximum atomic E-state index is 5.49. The lowest BCUT2D eigenvalue weighted by Gasteiger charge is -2.27. The van der Waals surface area contributed by atoms with Crippen molar-refractivity contribution in [2.24, 2.45) is 5.10 Å². The van der Waals surface area contributed by atoms with Crippen LogP contribution in [-0.4, -0.2) is 64.1 Å². The zero-order valence-corrected chi connectivity index (χ0v) is 18.5. The first-order valence-corrected chi connectivity index (χ1v) is 10.7. The third-order valence-corrected chi connectivity index (χ3v) is 5.31. The van der Waals surface area contributed by atoms with E-state index in [-0.39, 0.29) is 0 Å². The maximum Gasteiger partial charge on any atom is 0.229 e. The molecule has 0 unspecified atom stereocenters. The normalized spacial score (nSPS) is 14.2. The molecule has 10 nitrogen and oxygen atoms in total. The molecule has 4 aromatic rings. The summed E-state index contributed by atoms with van der Waals surface area (Å²) in [7, 11) is 1.61. The van der Waals surface area contributed by atoms with Crippen LogP contribution in [0.5, 0.6) is 5.75 Å². The van der Waals surface area contributed by atoms with Gasteiger partial charge in [-0.05, 0) is 24.6 Å². The minimum Gasteiger partial charge on any atom is -0.495 e. The van der Waals surface area contributed by atoms with Crippen LogP contribution in [0, 0.1) is 6.92 Å². The summed E-state index contributed by atoms with van der Waals surface area (Å²) in [6.45, 7) is 4.75. The van der Waals surface area contributed by atoms with Crippen molar-refractivity contribution in [1.82, 2.24) is 24.5 Å². The summed E-state index contributed by atoms with van der Waals surface area (Å²) < 4.78 is 12.5. The van der Waals surface area contributed by atoms with Gasteiger partial charge in [0, 0.05) is 13.1 Å². The number of anilines is 2. The summed E-state index contributed by atoms with van der Waals surface area (Å²) in [6.07, 6.45) is 5.11. The van der Waals surface area contributed by atoms with Gasteiger partial charge in [-0.1, -0.05) is 29.8 Å². The van der Waals surface area contributed by atoms with Gasteiger partial charge in [0.25, 0.3) is 0 Å². The predicted octanol–water partition coefficient (Wildman–Crippen LogP) is 2.81. The lowest BCUT2D eigenvalue weighted by atomic mass is 10.2. The van der Waals surface area contributed by atoms with Crippen molar-refractivity contribution in [2.75, 3.05) is 43.7 Å². The second kappa shape index (κ2) is 9.21. The molecule has 0 bridgehead atoms. The number of aryl methyl sites for hydroxylation is 1. The van der Waals surface area contributed by atoms with Crippen LogP contribution in [0.3, 0.4) is 0 Å². The Bertz CT molecular complexity index is 1280. The SMILES string of the molecule is COc1ccc(-n2cnc3c(NN=Cc4cccc(C)c4)nc(N4CCOCC4)nc32)nc1. The highest BCUT2D eigenvalue weighted by Crippen LogP contribution is 2.25. The molecule has 1 aliphatic rings. The van der Waals surface area contributed by atoms with Crippen molar-refractivity contribution < 1.29 is 9.47 Å². The summed E-state index contributed by atoms with van der Waals surface area (Å²) in [5, 5.41) is 4.40. The molecule has 0 atom stereocenters. The third-order valence-electron chi connectivity index (χ3n) is 5.31. The lowest BCUT2D eigenvalue weighted by Crippen LogP contribution is -2.37. The number of rotatable bonds is 6. The first-order chi connectivity index (χ1) is 16.2. The van der Waals surface area contributed by atoms with E-state index in [1.807, 2.05) is 41.8 Å². The van der Waals surface area contributed by atoms with Gasteiger partial charge in [-0.25, -0.2) is 9.97 Å². The highest BCUT2D eigenvalue weighted by molar-refractivity contribution is 5.86. The van der Waals surface area contributed by atoms with Gasteiger partial charge in [-0.3, -0.25) is 9.99 Å². The lowest BCUT2D eigenvalue weighted by molar-refractivity contribution is 0.122. The number of aromatic nitrogens is 5. The van der Waals surface area contributed by atoms with Crippen LogP contribution < -0.4 is 15.1 Å². The van der Waals surface area contributed by atoms with E-state index in [2.05, 4.69) is 31.5 Å². The fourth-order valence-electron chi connectivity index (χ4n) is 3.59. The first-order valence-electron chi connectivity index (χ1n) is 10.7. The van der Waals surface area contributed by atoms with E-state index in [0.717, 1.165) is 5.56 Å². The Kier molecular flexibility index (Phi) is 5.81. The average Bonchev–Trinajstić information content (AvgIpc) is 3.29. The van der Waals surface area contributed by atoms with E-state index in [1.54, 1.807) is 25.8 Å². The number of ether oxygens (including phenoxy) is 2. The second-order valence-corrected chi connectivity index (χ2v) is 7.60. The average molecular weight is 444 g/mol. The van der Waals surface area contributed by atoms with Crippen LogP contribution >= 0.6 is 0 Å². The van der Waals surface area contributed by atoms with Crippen LogP contribution in [0.25, 0.3) is 17.0 Å². The highest BCUT2D eigenvalue weighted by atomic mass is 16.5. The van der Waals surface area contributed by atoms with E-state index < -0.39 is 0 Å². The summed E-state index contributed by atoms with van der Waals surface area (Å²) in [5.74, 6) is 2.48. The molecule has 0 aliphatic carbocycles. The van der Waals surface area contributed by atoms with Crippen LogP contribution in [0.4, 0.5) is 11.8 Å². The van der Waals surface area contributed by atoms with Gasteiger partial charge >= 0.3 is 0 Å². The summed E-state index contributed by atoms with van der Waals surface area (Å²) in [5.41, 5.74) is 6.47. The van der Waals surface area contributed by atoms with Crippen molar-refractivity contribution in [3.05, 3.63) is 60.0 Å². The number of benzene rings is 1. The van der Waals surface area contributed by atoms with Gasteiger partial charge < -0.3 is 14.4 Å². The minimum atomic E-state index is 0.526. The Hall–Kier alpha value is -4.05. The number of fused-ring (bicyclic) bond motifs is 1. The Balaban J connectivity index is 1.54. The predicted molar refractivity (Wildman–Crippen MR) is 126 cm³/mol. The van der Waals surface area contributed by atoms with Crippen LogP contribution in [0.1, 0.15) is 11.1 Å². The minimum absolute atomic E-state index is 0.526. The van der Waals surface area contributed by atoms with Gasteiger partial charge in [0.15, 0.2) is 17.0 Å². The molecule has 10 heteroatoms. The molecule has 0 spiro atoms. The van der Waals surface area contributed by atoms with E-state index in [4.69, 9.17) is 19.4 Å². The number of nitrogens with one attached hydrogen (secondary N) is 1. The van der Waals surface area contributed by atoms with Crippen molar-refractivity contribution in [3.8, 4) is 11.6 Å². The van der Waals surface area contributed by atoms with Gasteiger partial charge in [0.05, 0.1) is 32.7 Å². The number of methoxy groups -OCH3 is 1. The van der Waals surface area contributed by atoms with E-state index >= 15 is 0 Å². The summed E-state index contributed by atoms with van der Waals surface area (Å²) in [4.78, 5) is 20.7. The molecule has 1 aliphatic heterocycles. The Morgan fingerprint density at radius 2 is 2.00 bits per heavy atom. The number of morpholine rings is 1. The molecule has 1 saturated heterocycles.